The quantitative estimate of drug-likeness (QED) is 0.572. The summed E-state index contributed by atoms with van der Waals surface area (Å²) in [4.78, 5) is 34.3. The van der Waals surface area contributed by atoms with Crippen LogP contribution in [0.3, 0.4) is 0 Å². The van der Waals surface area contributed by atoms with Crippen LogP contribution in [0, 0.1) is 0 Å². The molecule has 0 saturated carbocycles. The van der Waals surface area contributed by atoms with E-state index in [0.29, 0.717) is 5.39 Å². The number of amides is 1. The molecule has 8 heteroatoms. The molecule has 20 heavy (non-hydrogen) atoms. The molecule has 1 aromatic heterocycles. The number of nitrogens with zero attached hydrogens (tertiary/aromatic N) is 1. The van der Waals surface area contributed by atoms with Crippen LogP contribution < -0.4 is 10.9 Å². The number of hydrogen-bond acceptors (Lipinski definition) is 5. The SMILES string of the molecule is O=C(NC(CO)C(=O)O)c1n[nH]c(=O)c2ccccc12. The monoisotopic (exact) mass is 277 g/mol. The number of rotatable bonds is 4. The van der Waals surface area contributed by atoms with Crippen LogP contribution in [0.4, 0.5) is 0 Å². The predicted molar refractivity (Wildman–Crippen MR) is 68.3 cm³/mol. The minimum absolute atomic E-state index is 0.111. The highest BCUT2D eigenvalue weighted by Gasteiger charge is 2.22. The highest BCUT2D eigenvalue weighted by Crippen LogP contribution is 2.12. The Morgan fingerprint density at radius 3 is 2.55 bits per heavy atom. The van der Waals surface area contributed by atoms with Crippen molar-refractivity contribution in [2.45, 2.75) is 6.04 Å². The Bertz CT molecular complexity index is 724. The minimum Gasteiger partial charge on any atom is -0.480 e. The number of aliphatic carboxylic acids is 1. The first-order valence-corrected chi connectivity index (χ1v) is 5.66. The number of fused-ring (bicyclic) bond motifs is 1. The zero-order valence-corrected chi connectivity index (χ0v) is 10.2. The molecule has 1 atom stereocenters. The van der Waals surface area contributed by atoms with Crippen LogP contribution in [0.15, 0.2) is 29.1 Å². The fourth-order valence-electron chi connectivity index (χ4n) is 1.70. The average molecular weight is 277 g/mol. The van der Waals surface area contributed by atoms with Crippen molar-refractivity contribution in [3.8, 4) is 0 Å². The van der Waals surface area contributed by atoms with Gasteiger partial charge in [-0.15, -0.1) is 0 Å². The van der Waals surface area contributed by atoms with E-state index in [1.807, 2.05) is 0 Å². The van der Waals surface area contributed by atoms with E-state index in [1.54, 1.807) is 12.1 Å². The second kappa shape index (κ2) is 5.49. The van der Waals surface area contributed by atoms with E-state index >= 15 is 0 Å². The van der Waals surface area contributed by atoms with Gasteiger partial charge in [0.2, 0.25) is 0 Å². The molecule has 0 spiro atoms. The molecule has 0 fully saturated rings. The van der Waals surface area contributed by atoms with Gasteiger partial charge >= 0.3 is 5.97 Å². The third-order valence-electron chi connectivity index (χ3n) is 2.70. The Hall–Kier alpha value is -2.74. The summed E-state index contributed by atoms with van der Waals surface area (Å²) in [6.45, 7) is -0.748. The van der Waals surface area contributed by atoms with Gasteiger partial charge in [0, 0.05) is 5.39 Å². The summed E-state index contributed by atoms with van der Waals surface area (Å²) in [5, 5.41) is 26.1. The summed E-state index contributed by atoms with van der Waals surface area (Å²) in [6.07, 6.45) is 0. The molecule has 2 aromatic rings. The molecule has 0 aliphatic carbocycles. The van der Waals surface area contributed by atoms with Crippen molar-refractivity contribution in [3.63, 3.8) is 0 Å². The maximum Gasteiger partial charge on any atom is 0.328 e. The van der Waals surface area contributed by atoms with Crippen molar-refractivity contribution >= 4 is 22.6 Å². The van der Waals surface area contributed by atoms with E-state index in [2.05, 4.69) is 15.5 Å². The standard InChI is InChI=1S/C12H11N3O5/c16-5-8(12(19)20)13-11(18)9-6-3-1-2-4-7(6)10(17)15-14-9/h1-4,8,16H,5H2,(H,13,18)(H,15,17)(H,19,20). The Labute approximate surface area is 112 Å². The number of hydrogen-bond donors (Lipinski definition) is 4. The molecule has 1 amide bonds. The lowest BCUT2D eigenvalue weighted by atomic mass is 10.1. The number of carboxylic acids is 1. The Morgan fingerprint density at radius 1 is 1.30 bits per heavy atom. The lowest BCUT2D eigenvalue weighted by Gasteiger charge is -2.11. The third-order valence-corrected chi connectivity index (χ3v) is 2.70. The van der Waals surface area contributed by atoms with E-state index in [9.17, 15) is 14.4 Å². The molecule has 104 valence electrons. The predicted octanol–water partition coefficient (Wildman–Crippen LogP) is -0.902. The van der Waals surface area contributed by atoms with Gasteiger partial charge in [-0.05, 0) is 6.07 Å². The topological polar surface area (TPSA) is 132 Å². The molecule has 4 N–H and O–H groups in total. The van der Waals surface area contributed by atoms with Crippen molar-refractivity contribution in [2.24, 2.45) is 0 Å². The normalized spacial score (nSPS) is 12.1. The van der Waals surface area contributed by atoms with E-state index < -0.39 is 30.1 Å². The van der Waals surface area contributed by atoms with Crippen molar-refractivity contribution in [1.82, 2.24) is 15.5 Å². The maximum absolute atomic E-state index is 12.0. The van der Waals surface area contributed by atoms with E-state index in [-0.39, 0.29) is 11.1 Å². The van der Waals surface area contributed by atoms with E-state index in [0.717, 1.165) is 0 Å². The molecular formula is C12H11N3O5. The second-order valence-electron chi connectivity index (χ2n) is 3.99. The van der Waals surface area contributed by atoms with Crippen molar-refractivity contribution in [1.29, 1.82) is 0 Å². The molecule has 1 aromatic carbocycles. The van der Waals surface area contributed by atoms with Gasteiger partial charge in [0.15, 0.2) is 11.7 Å². The van der Waals surface area contributed by atoms with Gasteiger partial charge < -0.3 is 15.5 Å². The summed E-state index contributed by atoms with van der Waals surface area (Å²) >= 11 is 0. The summed E-state index contributed by atoms with van der Waals surface area (Å²) in [5.74, 6) is -2.16. The van der Waals surface area contributed by atoms with Crippen molar-refractivity contribution < 1.29 is 19.8 Å². The Kier molecular flexibility index (Phi) is 3.76. The number of aliphatic hydroxyl groups excluding tert-OH is 1. The number of carbonyl (C=O) groups is 2. The summed E-state index contributed by atoms with van der Waals surface area (Å²) in [7, 11) is 0. The van der Waals surface area contributed by atoms with Crippen LogP contribution in [-0.2, 0) is 4.79 Å². The molecular weight excluding hydrogens is 266 g/mol. The number of carboxylic acid groups (broad SMARTS) is 1. The highest BCUT2D eigenvalue weighted by molar-refractivity contribution is 6.05. The van der Waals surface area contributed by atoms with Gasteiger partial charge in [0.1, 0.15) is 0 Å². The van der Waals surface area contributed by atoms with E-state index in [4.69, 9.17) is 10.2 Å². The summed E-state index contributed by atoms with van der Waals surface area (Å²) in [6, 6.07) is 4.87. The van der Waals surface area contributed by atoms with Gasteiger partial charge in [-0.2, -0.15) is 5.10 Å². The number of benzene rings is 1. The fourth-order valence-corrected chi connectivity index (χ4v) is 1.70. The number of aromatic amines is 1. The summed E-state index contributed by atoms with van der Waals surface area (Å²) in [5.41, 5.74) is -0.561. The number of nitrogens with one attached hydrogen (secondary N) is 2. The Morgan fingerprint density at radius 2 is 1.95 bits per heavy atom. The van der Waals surface area contributed by atoms with E-state index in [1.165, 1.54) is 12.1 Å². The smallest absolute Gasteiger partial charge is 0.328 e. The zero-order chi connectivity index (χ0) is 14.7. The van der Waals surface area contributed by atoms with Gasteiger partial charge in [-0.25, -0.2) is 9.89 Å². The number of aliphatic hydroxyl groups is 1. The zero-order valence-electron chi connectivity index (χ0n) is 10.2. The van der Waals surface area contributed by atoms with Gasteiger partial charge in [-0.3, -0.25) is 9.59 Å². The molecule has 0 aliphatic heterocycles. The first-order chi connectivity index (χ1) is 9.54. The first kappa shape index (κ1) is 13.7. The molecule has 0 saturated heterocycles. The van der Waals surface area contributed by atoms with Gasteiger partial charge in [0.25, 0.3) is 11.5 Å². The van der Waals surface area contributed by atoms with Gasteiger partial charge in [0.05, 0.1) is 12.0 Å². The highest BCUT2D eigenvalue weighted by atomic mass is 16.4. The van der Waals surface area contributed by atoms with Crippen LogP contribution in [0.5, 0.6) is 0 Å². The van der Waals surface area contributed by atoms with Crippen LogP contribution in [-0.4, -0.2) is 44.9 Å². The van der Waals surface area contributed by atoms with Crippen molar-refractivity contribution in [3.05, 3.63) is 40.3 Å². The van der Waals surface area contributed by atoms with Crippen LogP contribution in [0.2, 0.25) is 0 Å². The van der Waals surface area contributed by atoms with Crippen LogP contribution in [0.25, 0.3) is 10.8 Å². The largest absolute Gasteiger partial charge is 0.480 e. The number of H-pyrrole nitrogens is 1. The minimum atomic E-state index is -1.44. The number of carbonyl (C=O) groups excluding carboxylic acids is 1. The second-order valence-corrected chi connectivity index (χ2v) is 3.99. The molecule has 0 radical (unpaired) electrons. The molecule has 1 unspecified atom stereocenters. The molecule has 0 aliphatic rings. The molecule has 1 heterocycles. The molecule has 2 rings (SSSR count). The molecule has 8 nitrogen and oxygen atoms in total. The first-order valence-electron chi connectivity index (χ1n) is 5.66. The Balaban J connectivity index is 2.43. The fraction of sp³-hybridized carbons (Fsp3) is 0.167. The lowest BCUT2D eigenvalue weighted by molar-refractivity contribution is -0.140. The van der Waals surface area contributed by atoms with Crippen LogP contribution in [0.1, 0.15) is 10.5 Å². The van der Waals surface area contributed by atoms with Gasteiger partial charge in [-0.1, -0.05) is 18.2 Å². The maximum atomic E-state index is 12.0. The molecule has 0 bridgehead atoms. The lowest BCUT2D eigenvalue weighted by Crippen LogP contribution is -2.43. The summed E-state index contributed by atoms with van der Waals surface area (Å²) < 4.78 is 0. The van der Waals surface area contributed by atoms with Crippen LogP contribution >= 0.6 is 0 Å². The number of aromatic nitrogens is 2. The van der Waals surface area contributed by atoms with Crippen molar-refractivity contribution in [2.75, 3.05) is 6.61 Å². The third kappa shape index (κ3) is 2.50. The average Bonchev–Trinajstić information content (AvgIpc) is 2.45.